The SMILES string of the molecule is CSC1CCC(NCc2cncs2)C1. The summed E-state index contributed by atoms with van der Waals surface area (Å²) in [4.78, 5) is 5.42. The fourth-order valence-corrected chi connectivity index (χ4v) is 3.26. The summed E-state index contributed by atoms with van der Waals surface area (Å²) in [6.45, 7) is 0.996. The summed E-state index contributed by atoms with van der Waals surface area (Å²) in [5.74, 6) is 0. The van der Waals surface area contributed by atoms with E-state index in [4.69, 9.17) is 0 Å². The molecule has 0 saturated heterocycles. The van der Waals surface area contributed by atoms with Crippen molar-refractivity contribution in [3.63, 3.8) is 0 Å². The second-order valence-electron chi connectivity index (χ2n) is 3.72. The monoisotopic (exact) mass is 228 g/mol. The van der Waals surface area contributed by atoms with E-state index in [-0.39, 0.29) is 0 Å². The van der Waals surface area contributed by atoms with E-state index in [2.05, 4.69) is 16.6 Å². The van der Waals surface area contributed by atoms with Crippen LogP contribution < -0.4 is 5.32 Å². The first-order valence-corrected chi connectivity index (χ1v) is 7.19. The van der Waals surface area contributed by atoms with Crippen LogP contribution in [0.2, 0.25) is 0 Å². The van der Waals surface area contributed by atoms with E-state index >= 15 is 0 Å². The Morgan fingerprint density at radius 1 is 1.64 bits per heavy atom. The van der Waals surface area contributed by atoms with Crippen LogP contribution in [0.15, 0.2) is 11.7 Å². The van der Waals surface area contributed by atoms with E-state index in [9.17, 15) is 0 Å². The van der Waals surface area contributed by atoms with Crippen molar-refractivity contribution >= 4 is 23.1 Å². The minimum atomic E-state index is 0.731. The first-order valence-electron chi connectivity index (χ1n) is 5.02. The molecule has 2 atom stereocenters. The molecule has 0 amide bonds. The van der Waals surface area contributed by atoms with Gasteiger partial charge in [0, 0.05) is 28.9 Å². The normalized spacial score (nSPS) is 26.9. The first kappa shape index (κ1) is 10.5. The van der Waals surface area contributed by atoms with Crippen molar-refractivity contribution in [1.82, 2.24) is 10.3 Å². The lowest BCUT2D eigenvalue weighted by atomic mass is 10.2. The molecule has 1 saturated carbocycles. The molecule has 2 rings (SSSR count). The third-order valence-corrected chi connectivity index (χ3v) is 4.64. The molecule has 2 nitrogen and oxygen atoms in total. The fraction of sp³-hybridized carbons (Fsp3) is 0.700. The second-order valence-corrected chi connectivity index (χ2v) is 5.83. The number of thiazole rings is 1. The van der Waals surface area contributed by atoms with Crippen LogP contribution in [0.5, 0.6) is 0 Å². The Bertz CT molecular complexity index is 261. The maximum Gasteiger partial charge on any atom is 0.0794 e. The molecule has 1 aliphatic rings. The van der Waals surface area contributed by atoms with Gasteiger partial charge in [0.05, 0.1) is 5.51 Å². The number of nitrogens with one attached hydrogen (secondary N) is 1. The lowest BCUT2D eigenvalue weighted by Crippen LogP contribution is -2.25. The number of thioether (sulfide) groups is 1. The van der Waals surface area contributed by atoms with Gasteiger partial charge in [0.1, 0.15) is 0 Å². The molecule has 1 aliphatic carbocycles. The van der Waals surface area contributed by atoms with Crippen LogP contribution in [-0.4, -0.2) is 22.5 Å². The smallest absolute Gasteiger partial charge is 0.0794 e. The lowest BCUT2D eigenvalue weighted by Gasteiger charge is -2.11. The van der Waals surface area contributed by atoms with E-state index in [1.807, 2.05) is 23.5 Å². The maximum absolute atomic E-state index is 4.07. The summed E-state index contributed by atoms with van der Waals surface area (Å²) in [7, 11) is 0. The molecule has 0 aromatic carbocycles. The molecule has 0 radical (unpaired) electrons. The summed E-state index contributed by atoms with van der Waals surface area (Å²) >= 11 is 3.74. The zero-order valence-electron chi connectivity index (χ0n) is 8.40. The number of aromatic nitrogens is 1. The number of hydrogen-bond donors (Lipinski definition) is 1. The Morgan fingerprint density at radius 3 is 3.21 bits per heavy atom. The molecule has 1 N–H and O–H groups in total. The Morgan fingerprint density at radius 2 is 2.57 bits per heavy atom. The third kappa shape index (κ3) is 2.72. The average molecular weight is 228 g/mol. The summed E-state index contributed by atoms with van der Waals surface area (Å²) < 4.78 is 0. The van der Waals surface area contributed by atoms with Crippen LogP contribution in [0.4, 0.5) is 0 Å². The van der Waals surface area contributed by atoms with Crippen molar-refractivity contribution in [2.45, 2.75) is 37.1 Å². The summed E-state index contributed by atoms with van der Waals surface area (Å²) in [6.07, 6.45) is 8.22. The largest absolute Gasteiger partial charge is 0.309 e. The molecule has 4 heteroatoms. The van der Waals surface area contributed by atoms with E-state index in [0.29, 0.717) is 0 Å². The van der Waals surface area contributed by atoms with Crippen molar-refractivity contribution < 1.29 is 0 Å². The maximum atomic E-state index is 4.07. The molecule has 2 unspecified atom stereocenters. The molecule has 1 heterocycles. The summed E-state index contributed by atoms with van der Waals surface area (Å²) in [6, 6.07) is 0.731. The molecule has 78 valence electrons. The Hall–Kier alpha value is -0.0600. The molecular formula is C10H16N2S2. The average Bonchev–Trinajstić information content (AvgIpc) is 2.86. The van der Waals surface area contributed by atoms with Crippen molar-refractivity contribution in [2.24, 2.45) is 0 Å². The molecular weight excluding hydrogens is 212 g/mol. The van der Waals surface area contributed by atoms with Crippen LogP contribution >= 0.6 is 23.1 Å². The molecule has 1 aromatic rings. The highest BCUT2D eigenvalue weighted by atomic mass is 32.2. The highest BCUT2D eigenvalue weighted by Gasteiger charge is 2.23. The topological polar surface area (TPSA) is 24.9 Å². The van der Waals surface area contributed by atoms with Crippen molar-refractivity contribution in [3.05, 3.63) is 16.6 Å². The van der Waals surface area contributed by atoms with Gasteiger partial charge in [0.15, 0.2) is 0 Å². The van der Waals surface area contributed by atoms with Crippen LogP contribution in [0.3, 0.4) is 0 Å². The van der Waals surface area contributed by atoms with Crippen LogP contribution in [0, 0.1) is 0 Å². The molecule has 1 aromatic heterocycles. The number of hydrogen-bond acceptors (Lipinski definition) is 4. The minimum Gasteiger partial charge on any atom is -0.309 e. The fourth-order valence-electron chi connectivity index (χ4n) is 1.91. The molecule has 1 fully saturated rings. The van der Waals surface area contributed by atoms with Crippen molar-refractivity contribution in [3.8, 4) is 0 Å². The third-order valence-electron chi connectivity index (χ3n) is 2.77. The highest BCUT2D eigenvalue weighted by molar-refractivity contribution is 7.99. The van der Waals surface area contributed by atoms with Gasteiger partial charge in [-0.2, -0.15) is 11.8 Å². The molecule has 14 heavy (non-hydrogen) atoms. The zero-order chi connectivity index (χ0) is 9.80. The van der Waals surface area contributed by atoms with Crippen LogP contribution in [0.25, 0.3) is 0 Å². The predicted molar refractivity (Wildman–Crippen MR) is 63.9 cm³/mol. The van der Waals surface area contributed by atoms with Gasteiger partial charge in [-0.15, -0.1) is 11.3 Å². The first-order chi connectivity index (χ1) is 6.88. The minimum absolute atomic E-state index is 0.731. The van der Waals surface area contributed by atoms with Gasteiger partial charge in [0.2, 0.25) is 0 Å². The molecule has 0 aliphatic heterocycles. The van der Waals surface area contributed by atoms with E-state index < -0.39 is 0 Å². The Kier molecular flexibility index (Phi) is 3.84. The van der Waals surface area contributed by atoms with Crippen LogP contribution in [-0.2, 0) is 6.54 Å². The molecule has 0 bridgehead atoms. The van der Waals surface area contributed by atoms with Gasteiger partial charge in [-0.05, 0) is 25.5 Å². The Balaban J connectivity index is 1.72. The van der Waals surface area contributed by atoms with Crippen molar-refractivity contribution in [1.29, 1.82) is 0 Å². The van der Waals surface area contributed by atoms with Crippen molar-refractivity contribution in [2.75, 3.05) is 6.26 Å². The quantitative estimate of drug-likeness (QED) is 0.857. The van der Waals surface area contributed by atoms with Gasteiger partial charge in [0.25, 0.3) is 0 Å². The van der Waals surface area contributed by atoms with Crippen LogP contribution in [0.1, 0.15) is 24.1 Å². The van der Waals surface area contributed by atoms with Gasteiger partial charge in [-0.3, -0.25) is 4.98 Å². The van der Waals surface area contributed by atoms with Gasteiger partial charge in [-0.1, -0.05) is 0 Å². The van der Waals surface area contributed by atoms with E-state index in [1.165, 1.54) is 24.1 Å². The van der Waals surface area contributed by atoms with E-state index in [1.54, 1.807) is 11.3 Å². The summed E-state index contributed by atoms with van der Waals surface area (Å²) in [5, 5.41) is 4.49. The predicted octanol–water partition coefficient (Wildman–Crippen LogP) is 2.52. The Labute approximate surface area is 93.5 Å². The van der Waals surface area contributed by atoms with Gasteiger partial charge < -0.3 is 5.32 Å². The summed E-state index contributed by atoms with van der Waals surface area (Å²) in [5.41, 5.74) is 1.90. The number of rotatable bonds is 4. The van der Waals surface area contributed by atoms with E-state index in [0.717, 1.165) is 17.8 Å². The lowest BCUT2D eigenvalue weighted by molar-refractivity contribution is 0.528. The highest BCUT2D eigenvalue weighted by Crippen LogP contribution is 2.28. The van der Waals surface area contributed by atoms with Gasteiger partial charge in [-0.25, -0.2) is 0 Å². The van der Waals surface area contributed by atoms with Gasteiger partial charge >= 0.3 is 0 Å². The number of nitrogens with zero attached hydrogens (tertiary/aromatic N) is 1. The standard InChI is InChI=1S/C10H16N2S2/c1-13-9-3-2-8(4-9)12-6-10-5-11-7-14-10/h5,7-9,12H,2-4,6H2,1H3. The molecule has 0 spiro atoms. The second kappa shape index (κ2) is 5.14. The zero-order valence-corrected chi connectivity index (χ0v) is 10.0.